The number of nitrogens with zero attached hydrogens (tertiary/aromatic N) is 4. The first kappa shape index (κ1) is 14.1. The summed E-state index contributed by atoms with van der Waals surface area (Å²) in [5.41, 5.74) is 6.88. The first-order valence-electron chi connectivity index (χ1n) is 6.91. The molecule has 7 heteroatoms. The topological polar surface area (TPSA) is 81.1 Å². The summed E-state index contributed by atoms with van der Waals surface area (Å²) in [6.07, 6.45) is 5.61. The van der Waals surface area contributed by atoms with Crippen molar-refractivity contribution in [3.63, 3.8) is 0 Å². The smallest absolute Gasteiger partial charge is 0.193 e. The predicted molar refractivity (Wildman–Crippen MR) is 83.0 cm³/mol. The van der Waals surface area contributed by atoms with E-state index in [2.05, 4.69) is 33.6 Å². The normalized spacial score (nSPS) is 12.9. The highest BCUT2D eigenvalue weighted by Crippen LogP contribution is 2.22. The summed E-state index contributed by atoms with van der Waals surface area (Å²) >= 11 is 1.63. The zero-order chi connectivity index (χ0) is 14.8. The van der Waals surface area contributed by atoms with Crippen LogP contribution in [0.25, 0.3) is 4.96 Å². The summed E-state index contributed by atoms with van der Waals surface area (Å²) in [5, 5.41) is 10.4. The Morgan fingerprint density at radius 3 is 3.00 bits per heavy atom. The number of hydrogen-bond donors (Lipinski definition) is 2. The lowest BCUT2D eigenvalue weighted by Gasteiger charge is -2.17. The highest BCUT2D eigenvalue weighted by atomic mass is 32.1. The van der Waals surface area contributed by atoms with Crippen LogP contribution in [0.4, 0.5) is 0 Å². The molecule has 0 spiro atoms. The molecular formula is C14H18N6S. The van der Waals surface area contributed by atoms with Crippen LogP contribution in [0.5, 0.6) is 0 Å². The molecule has 0 bridgehead atoms. The monoisotopic (exact) mass is 302 g/mol. The number of aryl methyl sites for hydroxylation is 2. The summed E-state index contributed by atoms with van der Waals surface area (Å²) in [7, 11) is 0. The van der Waals surface area contributed by atoms with Crippen LogP contribution in [0.2, 0.25) is 0 Å². The van der Waals surface area contributed by atoms with Crippen molar-refractivity contribution in [2.75, 3.05) is 0 Å². The molecule has 3 rings (SSSR count). The summed E-state index contributed by atoms with van der Waals surface area (Å²) < 4.78 is 2.03. The summed E-state index contributed by atoms with van der Waals surface area (Å²) in [6.45, 7) is 4.01. The Morgan fingerprint density at radius 1 is 1.43 bits per heavy atom. The molecule has 0 amide bonds. The van der Waals surface area contributed by atoms with Crippen LogP contribution >= 0.6 is 11.3 Å². The van der Waals surface area contributed by atoms with Crippen LogP contribution in [0.3, 0.4) is 0 Å². The first-order valence-corrected chi connectivity index (χ1v) is 7.79. The number of imidazole rings is 1. The minimum absolute atomic E-state index is 0.0150. The maximum Gasteiger partial charge on any atom is 0.193 e. The molecule has 0 aliphatic heterocycles. The highest BCUT2D eigenvalue weighted by Gasteiger charge is 2.17. The molecular weight excluding hydrogens is 284 g/mol. The Hall–Kier alpha value is -1.83. The van der Waals surface area contributed by atoms with E-state index in [-0.39, 0.29) is 6.04 Å². The fourth-order valence-corrected chi connectivity index (χ4v) is 3.17. The fourth-order valence-electron chi connectivity index (χ4n) is 2.45. The molecule has 1 atom stereocenters. The van der Waals surface area contributed by atoms with E-state index in [4.69, 9.17) is 5.84 Å². The van der Waals surface area contributed by atoms with Crippen molar-refractivity contribution in [1.29, 1.82) is 0 Å². The number of rotatable bonds is 5. The third-order valence-corrected chi connectivity index (χ3v) is 4.26. The van der Waals surface area contributed by atoms with Gasteiger partial charge in [-0.15, -0.1) is 11.3 Å². The van der Waals surface area contributed by atoms with E-state index >= 15 is 0 Å². The van der Waals surface area contributed by atoms with E-state index in [0.29, 0.717) is 0 Å². The zero-order valence-corrected chi connectivity index (χ0v) is 12.9. The predicted octanol–water partition coefficient (Wildman–Crippen LogP) is 1.80. The average Bonchev–Trinajstić information content (AvgIpc) is 3.05. The van der Waals surface area contributed by atoms with E-state index in [0.717, 1.165) is 40.4 Å². The lowest BCUT2D eigenvalue weighted by molar-refractivity contribution is 0.537. The molecule has 6 nitrogen and oxygen atoms in total. The summed E-state index contributed by atoms with van der Waals surface area (Å²) in [6, 6.07) is 2.04. The highest BCUT2D eigenvalue weighted by molar-refractivity contribution is 7.15. The fraction of sp³-hybridized carbons (Fsp3) is 0.357. The second-order valence-electron chi connectivity index (χ2n) is 4.99. The van der Waals surface area contributed by atoms with Gasteiger partial charge in [-0.05, 0) is 25.0 Å². The molecule has 3 aromatic heterocycles. The molecule has 0 radical (unpaired) electrons. The number of thiazole rings is 1. The van der Waals surface area contributed by atoms with Gasteiger partial charge in [0.05, 0.1) is 23.1 Å². The van der Waals surface area contributed by atoms with Crippen molar-refractivity contribution < 1.29 is 0 Å². The number of fused-ring (bicyclic) bond motifs is 1. The maximum atomic E-state index is 5.77. The zero-order valence-electron chi connectivity index (χ0n) is 12.1. The van der Waals surface area contributed by atoms with Gasteiger partial charge in [0.25, 0.3) is 0 Å². The van der Waals surface area contributed by atoms with Gasteiger partial charge in [-0.25, -0.2) is 4.98 Å². The lowest BCUT2D eigenvalue weighted by Crippen LogP contribution is -2.31. The van der Waals surface area contributed by atoms with Crippen molar-refractivity contribution in [2.24, 2.45) is 5.84 Å². The molecule has 3 aromatic rings. The van der Waals surface area contributed by atoms with Gasteiger partial charge in [0.15, 0.2) is 4.96 Å². The van der Waals surface area contributed by atoms with Crippen LogP contribution in [0.15, 0.2) is 23.8 Å². The van der Waals surface area contributed by atoms with Gasteiger partial charge in [0.2, 0.25) is 0 Å². The average molecular weight is 302 g/mol. The molecule has 3 heterocycles. The summed E-state index contributed by atoms with van der Waals surface area (Å²) in [4.78, 5) is 5.61. The van der Waals surface area contributed by atoms with Crippen molar-refractivity contribution in [2.45, 2.75) is 32.7 Å². The van der Waals surface area contributed by atoms with Crippen LogP contribution in [0.1, 0.15) is 35.6 Å². The quantitative estimate of drug-likeness (QED) is 0.555. The molecule has 3 N–H and O–H groups in total. The Labute approximate surface area is 127 Å². The lowest BCUT2D eigenvalue weighted by atomic mass is 10.00. The van der Waals surface area contributed by atoms with Gasteiger partial charge in [-0.1, -0.05) is 6.92 Å². The maximum absolute atomic E-state index is 5.77. The van der Waals surface area contributed by atoms with Gasteiger partial charge >= 0.3 is 0 Å². The van der Waals surface area contributed by atoms with E-state index in [1.54, 1.807) is 11.3 Å². The standard InChI is InChI=1S/C14H18N6S/c1-3-12-11(6-9(2)18-19-12)13(17-15)7-10-8-20-4-5-21-14(20)16-10/h4-6,8,13,17H,3,7,15H2,1-2H3. The van der Waals surface area contributed by atoms with Crippen LogP contribution in [-0.2, 0) is 12.8 Å². The number of hydrazine groups is 1. The largest absolute Gasteiger partial charge is 0.297 e. The van der Waals surface area contributed by atoms with Crippen LogP contribution < -0.4 is 11.3 Å². The first-order chi connectivity index (χ1) is 10.2. The third kappa shape index (κ3) is 2.80. The Morgan fingerprint density at radius 2 is 2.29 bits per heavy atom. The van der Waals surface area contributed by atoms with Crippen molar-refractivity contribution >= 4 is 16.3 Å². The second-order valence-corrected chi connectivity index (χ2v) is 5.86. The van der Waals surface area contributed by atoms with Gasteiger partial charge < -0.3 is 0 Å². The number of aromatic nitrogens is 4. The Kier molecular flexibility index (Phi) is 3.96. The van der Waals surface area contributed by atoms with Gasteiger partial charge in [0.1, 0.15) is 0 Å². The van der Waals surface area contributed by atoms with Crippen LogP contribution in [0, 0.1) is 6.92 Å². The minimum Gasteiger partial charge on any atom is -0.297 e. The number of nitrogens with two attached hydrogens (primary N) is 1. The molecule has 1 unspecified atom stereocenters. The molecule has 0 aliphatic rings. The molecule has 0 aromatic carbocycles. The molecule has 0 aliphatic carbocycles. The van der Waals surface area contributed by atoms with E-state index < -0.39 is 0 Å². The van der Waals surface area contributed by atoms with Gasteiger partial charge in [-0.2, -0.15) is 10.2 Å². The third-order valence-electron chi connectivity index (χ3n) is 3.49. The SMILES string of the molecule is CCc1nnc(C)cc1C(Cc1cn2ccsc2n1)NN. The molecule has 21 heavy (non-hydrogen) atoms. The summed E-state index contributed by atoms with van der Waals surface area (Å²) in [5.74, 6) is 5.77. The minimum atomic E-state index is -0.0150. The molecule has 110 valence electrons. The van der Waals surface area contributed by atoms with E-state index in [1.807, 2.05) is 29.1 Å². The van der Waals surface area contributed by atoms with E-state index in [9.17, 15) is 0 Å². The van der Waals surface area contributed by atoms with Gasteiger partial charge in [0, 0.05) is 24.2 Å². The number of hydrogen-bond acceptors (Lipinski definition) is 6. The Bertz CT molecular complexity index is 718. The number of nitrogens with one attached hydrogen (secondary N) is 1. The van der Waals surface area contributed by atoms with E-state index in [1.165, 1.54) is 0 Å². The molecule has 0 fully saturated rings. The van der Waals surface area contributed by atoms with Crippen molar-refractivity contribution in [3.8, 4) is 0 Å². The van der Waals surface area contributed by atoms with Crippen LogP contribution in [-0.4, -0.2) is 19.6 Å². The molecule has 0 saturated carbocycles. The second kappa shape index (κ2) is 5.88. The molecule has 0 saturated heterocycles. The van der Waals surface area contributed by atoms with Crippen molar-refractivity contribution in [1.82, 2.24) is 25.0 Å². The van der Waals surface area contributed by atoms with Gasteiger partial charge in [-0.3, -0.25) is 15.7 Å². The van der Waals surface area contributed by atoms with Crippen molar-refractivity contribution in [3.05, 3.63) is 46.5 Å². The Balaban J connectivity index is 1.91.